The molecule has 0 aliphatic heterocycles. The number of aliphatic hydroxyl groups is 1. The molecule has 0 spiro atoms. The van der Waals surface area contributed by atoms with Gasteiger partial charge in [-0.1, -0.05) is 27.3 Å². The summed E-state index contributed by atoms with van der Waals surface area (Å²) in [6, 6.07) is 4.97. The molecule has 1 N–H and O–H groups in total. The zero-order valence-corrected chi connectivity index (χ0v) is 14.1. The Kier molecular flexibility index (Phi) is 4.65. The Labute approximate surface area is 134 Å². The molecule has 0 fully saturated rings. The first-order valence-corrected chi connectivity index (χ1v) is 7.81. The normalized spacial score (nSPS) is 12.2. The van der Waals surface area contributed by atoms with Crippen molar-refractivity contribution in [2.24, 2.45) is 0 Å². The van der Waals surface area contributed by atoms with Crippen molar-refractivity contribution in [3.05, 3.63) is 48.8 Å². The van der Waals surface area contributed by atoms with Crippen LogP contribution in [0.25, 0.3) is 0 Å². The highest BCUT2D eigenvalue weighted by Crippen LogP contribution is 2.42. The first kappa shape index (κ1) is 15.9. The molecule has 112 valence electrons. The first-order chi connectivity index (χ1) is 9.79. The van der Waals surface area contributed by atoms with E-state index < -0.39 is 11.0 Å². The van der Waals surface area contributed by atoms with Gasteiger partial charge in [-0.15, -0.1) is 0 Å². The second-order valence-electron chi connectivity index (χ2n) is 4.73. The summed E-state index contributed by atoms with van der Waals surface area (Å²) in [7, 11) is 0. The molecule has 0 radical (unpaired) electrons. The summed E-state index contributed by atoms with van der Waals surface area (Å²) in [5, 5.41) is 20.8. The highest BCUT2D eigenvalue weighted by Gasteiger charge is 2.23. The molecule has 0 bridgehead atoms. The number of halogens is 1. The van der Waals surface area contributed by atoms with Crippen LogP contribution in [-0.2, 0) is 0 Å². The summed E-state index contributed by atoms with van der Waals surface area (Å²) >= 11 is 4.55. The van der Waals surface area contributed by atoms with E-state index in [9.17, 15) is 15.2 Å². The van der Waals surface area contributed by atoms with Gasteiger partial charge < -0.3 is 9.84 Å². The number of benzene rings is 1. The van der Waals surface area contributed by atoms with Crippen LogP contribution in [0.1, 0.15) is 29.0 Å². The lowest BCUT2D eigenvalue weighted by Gasteiger charge is -2.08. The van der Waals surface area contributed by atoms with Gasteiger partial charge in [0.15, 0.2) is 0 Å². The molecule has 1 aromatic carbocycles. The van der Waals surface area contributed by atoms with Crippen LogP contribution < -0.4 is 4.74 Å². The SMILES string of the molecule is Cc1cc(Oc2sc([C@@H](C)O)cc2[N+](=O)[O-])cc(C)c1Br. The van der Waals surface area contributed by atoms with Gasteiger partial charge in [0.1, 0.15) is 5.75 Å². The molecule has 2 aromatic rings. The van der Waals surface area contributed by atoms with Crippen LogP contribution in [-0.4, -0.2) is 10.0 Å². The minimum absolute atomic E-state index is 0.130. The zero-order chi connectivity index (χ0) is 15.7. The Hall–Kier alpha value is -1.44. The third kappa shape index (κ3) is 3.42. The summed E-state index contributed by atoms with van der Waals surface area (Å²) in [4.78, 5) is 11.1. The van der Waals surface area contributed by atoms with Gasteiger partial charge in [-0.3, -0.25) is 10.1 Å². The Bertz CT molecular complexity index is 673. The topological polar surface area (TPSA) is 72.6 Å². The van der Waals surface area contributed by atoms with E-state index in [-0.39, 0.29) is 10.8 Å². The van der Waals surface area contributed by atoms with E-state index in [1.54, 1.807) is 6.92 Å². The maximum Gasteiger partial charge on any atom is 0.323 e. The number of nitro groups is 1. The van der Waals surface area contributed by atoms with E-state index in [0.717, 1.165) is 26.9 Å². The van der Waals surface area contributed by atoms with Gasteiger partial charge in [0, 0.05) is 15.4 Å². The highest BCUT2D eigenvalue weighted by molar-refractivity contribution is 9.10. The van der Waals surface area contributed by atoms with Gasteiger partial charge in [-0.25, -0.2) is 0 Å². The van der Waals surface area contributed by atoms with Crippen molar-refractivity contribution in [1.82, 2.24) is 0 Å². The summed E-state index contributed by atoms with van der Waals surface area (Å²) in [5.74, 6) is 0.537. The maximum atomic E-state index is 11.1. The molecule has 0 unspecified atom stereocenters. The number of thiophene rings is 1. The molecule has 0 amide bonds. The Morgan fingerprint density at radius 2 is 1.90 bits per heavy atom. The second-order valence-corrected chi connectivity index (χ2v) is 6.57. The molecule has 1 atom stereocenters. The highest BCUT2D eigenvalue weighted by atomic mass is 79.9. The fourth-order valence-corrected chi connectivity index (χ4v) is 3.02. The summed E-state index contributed by atoms with van der Waals surface area (Å²) < 4.78 is 6.65. The molecule has 0 saturated heterocycles. The van der Waals surface area contributed by atoms with E-state index in [1.807, 2.05) is 26.0 Å². The number of ether oxygens (including phenoxy) is 1. The van der Waals surface area contributed by atoms with Crippen molar-refractivity contribution in [2.45, 2.75) is 26.9 Å². The molecule has 0 aliphatic carbocycles. The van der Waals surface area contributed by atoms with Crippen molar-refractivity contribution in [3.63, 3.8) is 0 Å². The monoisotopic (exact) mass is 371 g/mol. The standard InChI is InChI=1S/C14H14BrNO4S/c1-7-4-10(5-8(2)13(7)15)20-14-11(16(18)19)6-12(21-14)9(3)17/h4-6,9,17H,1-3H3/t9-/m1/s1. The van der Waals surface area contributed by atoms with Crippen molar-refractivity contribution >= 4 is 33.0 Å². The van der Waals surface area contributed by atoms with Crippen LogP contribution in [0, 0.1) is 24.0 Å². The second kappa shape index (κ2) is 6.13. The Morgan fingerprint density at radius 3 is 2.38 bits per heavy atom. The minimum Gasteiger partial charge on any atom is -0.440 e. The molecule has 21 heavy (non-hydrogen) atoms. The number of nitrogens with zero attached hydrogens (tertiary/aromatic N) is 1. The summed E-state index contributed by atoms with van der Waals surface area (Å²) in [6.07, 6.45) is -0.764. The number of rotatable bonds is 4. The molecule has 1 heterocycles. The van der Waals surface area contributed by atoms with Gasteiger partial charge in [0.25, 0.3) is 5.06 Å². The molecular formula is C14H14BrNO4S. The average molecular weight is 372 g/mol. The third-order valence-electron chi connectivity index (χ3n) is 2.93. The first-order valence-electron chi connectivity index (χ1n) is 6.20. The lowest BCUT2D eigenvalue weighted by atomic mass is 10.1. The van der Waals surface area contributed by atoms with E-state index in [0.29, 0.717) is 10.6 Å². The van der Waals surface area contributed by atoms with Crippen LogP contribution in [0.4, 0.5) is 5.69 Å². The largest absolute Gasteiger partial charge is 0.440 e. The molecular weight excluding hydrogens is 358 g/mol. The maximum absolute atomic E-state index is 11.1. The van der Waals surface area contributed by atoms with Crippen molar-refractivity contribution in [2.75, 3.05) is 0 Å². The van der Waals surface area contributed by atoms with Crippen LogP contribution in [0.3, 0.4) is 0 Å². The molecule has 5 nitrogen and oxygen atoms in total. The van der Waals surface area contributed by atoms with E-state index in [4.69, 9.17) is 4.74 Å². The fourth-order valence-electron chi connectivity index (χ4n) is 1.86. The van der Waals surface area contributed by atoms with Crippen LogP contribution in [0.15, 0.2) is 22.7 Å². The lowest BCUT2D eigenvalue weighted by Crippen LogP contribution is -1.91. The van der Waals surface area contributed by atoms with Gasteiger partial charge in [-0.05, 0) is 44.0 Å². The van der Waals surface area contributed by atoms with Crippen molar-refractivity contribution in [1.29, 1.82) is 0 Å². The van der Waals surface area contributed by atoms with Gasteiger partial charge in [-0.2, -0.15) is 0 Å². The van der Waals surface area contributed by atoms with Gasteiger partial charge >= 0.3 is 5.69 Å². The number of aliphatic hydroxyl groups excluding tert-OH is 1. The quantitative estimate of drug-likeness (QED) is 0.613. The third-order valence-corrected chi connectivity index (χ3v) is 5.35. The predicted octanol–water partition coefficient (Wildman–Crippen LogP) is 4.88. The molecule has 0 saturated carbocycles. The molecule has 7 heteroatoms. The Balaban J connectivity index is 2.41. The van der Waals surface area contributed by atoms with Crippen molar-refractivity contribution in [3.8, 4) is 10.8 Å². The zero-order valence-electron chi connectivity index (χ0n) is 11.7. The summed E-state index contributed by atoms with van der Waals surface area (Å²) in [5.41, 5.74) is 1.84. The predicted molar refractivity (Wildman–Crippen MR) is 85.3 cm³/mol. The van der Waals surface area contributed by atoms with E-state index in [2.05, 4.69) is 15.9 Å². The smallest absolute Gasteiger partial charge is 0.323 e. The van der Waals surface area contributed by atoms with Crippen LogP contribution in [0.2, 0.25) is 0 Å². The lowest BCUT2D eigenvalue weighted by molar-refractivity contribution is -0.385. The molecule has 2 rings (SSSR count). The fraction of sp³-hybridized carbons (Fsp3) is 0.286. The van der Waals surface area contributed by atoms with E-state index >= 15 is 0 Å². The van der Waals surface area contributed by atoms with Gasteiger partial charge in [0.2, 0.25) is 0 Å². The van der Waals surface area contributed by atoms with E-state index in [1.165, 1.54) is 6.07 Å². The van der Waals surface area contributed by atoms with Crippen LogP contribution >= 0.6 is 27.3 Å². The number of hydrogen-bond donors (Lipinski definition) is 1. The van der Waals surface area contributed by atoms with Crippen LogP contribution in [0.5, 0.6) is 10.8 Å². The average Bonchev–Trinajstić information content (AvgIpc) is 2.80. The van der Waals surface area contributed by atoms with Crippen molar-refractivity contribution < 1.29 is 14.8 Å². The molecule has 1 aromatic heterocycles. The summed E-state index contributed by atoms with van der Waals surface area (Å²) in [6.45, 7) is 5.41. The number of hydrogen-bond acceptors (Lipinski definition) is 5. The minimum atomic E-state index is -0.764. The number of aryl methyl sites for hydroxylation is 2. The van der Waals surface area contributed by atoms with Gasteiger partial charge in [0.05, 0.1) is 11.0 Å². The Morgan fingerprint density at radius 1 is 1.33 bits per heavy atom. The molecule has 0 aliphatic rings.